The second kappa shape index (κ2) is 10.9. The van der Waals surface area contributed by atoms with Crippen LogP contribution in [0.25, 0.3) is 11.5 Å². The second-order valence-electron chi connectivity index (χ2n) is 8.57. The number of aromatic nitrogens is 6. The van der Waals surface area contributed by atoms with E-state index in [0.717, 1.165) is 4.57 Å². The Kier molecular flexibility index (Phi) is 7.48. The van der Waals surface area contributed by atoms with Crippen LogP contribution >= 0.6 is 11.6 Å². The summed E-state index contributed by atoms with van der Waals surface area (Å²) in [6, 6.07) is 10.2. The Morgan fingerprint density at radius 1 is 1.07 bits per heavy atom. The zero-order valence-corrected chi connectivity index (χ0v) is 22.0. The summed E-state index contributed by atoms with van der Waals surface area (Å²) in [5, 5.41) is 10.3. The molecule has 0 bridgehead atoms. The topological polar surface area (TPSA) is 128 Å². The van der Waals surface area contributed by atoms with Gasteiger partial charge in [0.1, 0.15) is 12.1 Å². The minimum Gasteiger partial charge on any atom is -0.484 e. The van der Waals surface area contributed by atoms with Crippen molar-refractivity contribution in [2.45, 2.75) is 11.2 Å². The van der Waals surface area contributed by atoms with E-state index >= 15 is 0 Å². The quantitative estimate of drug-likeness (QED) is 0.318. The Morgan fingerprint density at radius 2 is 1.80 bits per heavy atom. The summed E-state index contributed by atoms with van der Waals surface area (Å²) < 4.78 is 75.1. The smallest absolute Gasteiger partial charge is 0.417 e. The summed E-state index contributed by atoms with van der Waals surface area (Å²) in [4.78, 5) is 17.9. The van der Waals surface area contributed by atoms with Gasteiger partial charge in [-0.2, -0.15) is 17.5 Å². The van der Waals surface area contributed by atoms with Gasteiger partial charge in [-0.05, 0) is 52.9 Å². The van der Waals surface area contributed by atoms with Crippen LogP contribution < -0.4 is 4.74 Å². The molecule has 0 aliphatic carbocycles. The van der Waals surface area contributed by atoms with E-state index in [2.05, 4.69) is 20.5 Å². The highest BCUT2D eigenvalue weighted by Crippen LogP contribution is 2.33. The number of rotatable bonds is 7. The second-order valence-corrected chi connectivity index (χ2v) is 10.9. The number of alkyl halides is 3. The van der Waals surface area contributed by atoms with Crippen LogP contribution in [-0.2, 0) is 21.0 Å². The van der Waals surface area contributed by atoms with Gasteiger partial charge < -0.3 is 9.64 Å². The van der Waals surface area contributed by atoms with Gasteiger partial charge in [-0.1, -0.05) is 11.6 Å². The van der Waals surface area contributed by atoms with Crippen molar-refractivity contribution in [3.8, 4) is 17.3 Å². The van der Waals surface area contributed by atoms with Crippen LogP contribution in [0.3, 0.4) is 0 Å². The predicted molar refractivity (Wildman–Crippen MR) is 134 cm³/mol. The largest absolute Gasteiger partial charge is 0.484 e. The molecule has 0 atom stereocenters. The molecule has 1 aliphatic heterocycles. The number of tetrazole rings is 1. The molecule has 0 saturated carbocycles. The Morgan fingerprint density at radius 3 is 2.42 bits per heavy atom. The highest BCUT2D eigenvalue weighted by atomic mass is 35.5. The van der Waals surface area contributed by atoms with Crippen LogP contribution in [0, 0.1) is 0 Å². The minimum absolute atomic E-state index is 0.00800. The number of piperazine rings is 1. The normalized spacial score (nSPS) is 14.8. The number of ether oxygens (including phenoxy) is 1. The van der Waals surface area contributed by atoms with Crippen molar-refractivity contribution < 1.29 is 31.1 Å². The number of nitrogens with zero attached hydrogens (tertiary/aromatic N) is 8. The van der Waals surface area contributed by atoms with Crippen LogP contribution in [-0.4, -0.2) is 86.1 Å². The third kappa shape index (κ3) is 5.64. The molecule has 40 heavy (non-hydrogen) atoms. The lowest BCUT2D eigenvalue weighted by atomic mass is 10.3. The fourth-order valence-electron chi connectivity index (χ4n) is 4.03. The lowest BCUT2D eigenvalue weighted by molar-refractivity contribution is -0.138. The lowest BCUT2D eigenvalue weighted by Gasteiger charge is -2.34. The number of carbonyl (C=O) groups is 1. The van der Waals surface area contributed by atoms with Crippen LogP contribution in [0.4, 0.5) is 13.2 Å². The monoisotopic (exact) mass is 596 g/mol. The summed E-state index contributed by atoms with van der Waals surface area (Å²) in [6.07, 6.45) is -1.27. The molecule has 4 heterocycles. The minimum atomic E-state index is -4.65. The van der Waals surface area contributed by atoms with Gasteiger partial charge in [-0.25, -0.2) is 18.1 Å². The van der Waals surface area contributed by atoms with Crippen molar-refractivity contribution in [1.82, 2.24) is 39.0 Å². The molecule has 3 aromatic heterocycles. The predicted octanol–water partition coefficient (Wildman–Crippen LogP) is 2.43. The van der Waals surface area contributed by atoms with Crippen molar-refractivity contribution in [2.75, 3.05) is 32.8 Å². The molecule has 4 aromatic rings. The zero-order chi connectivity index (χ0) is 28.5. The van der Waals surface area contributed by atoms with Crippen LogP contribution in [0.15, 0.2) is 66.2 Å². The zero-order valence-electron chi connectivity index (χ0n) is 20.4. The molecule has 0 radical (unpaired) electrons. The first-order valence-corrected chi connectivity index (χ1v) is 13.5. The third-order valence-electron chi connectivity index (χ3n) is 6.10. The van der Waals surface area contributed by atoms with Gasteiger partial charge in [0.2, 0.25) is 0 Å². The first kappa shape index (κ1) is 27.5. The molecule has 17 heteroatoms. The van der Waals surface area contributed by atoms with Crippen LogP contribution in [0.2, 0.25) is 5.02 Å². The fraction of sp³-hybridized carbons (Fsp3) is 0.261. The van der Waals surface area contributed by atoms with Crippen LogP contribution in [0.5, 0.6) is 5.75 Å². The Balaban J connectivity index is 1.20. The molecule has 1 fully saturated rings. The molecule has 1 amide bonds. The van der Waals surface area contributed by atoms with Gasteiger partial charge in [0.15, 0.2) is 17.5 Å². The van der Waals surface area contributed by atoms with E-state index in [0.29, 0.717) is 23.7 Å². The van der Waals surface area contributed by atoms with Crippen molar-refractivity contribution in [2.24, 2.45) is 0 Å². The number of sulfonamides is 1. The van der Waals surface area contributed by atoms with E-state index in [1.54, 1.807) is 24.3 Å². The number of benzene rings is 1. The Labute approximate surface area is 230 Å². The molecule has 0 N–H and O–H groups in total. The Bertz CT molecular complexity index is 1600. The molecule has 1 aromatic carbocycles. The molecule has 12 nitrogen and oxygen atoms in total. The number of halogens is 4. The summed E-state index contributed by atoms with van der Waals surface area (Å²) in [5.74, 6) is -0.0106. The van der Waals surface area contributed by atoms with Crippen molar-refractivity contribution >= 4 is 27.5 Å². The van der Waals surface area contributed by atoms with E-state index in [-0.39, 0.29) is 54.6 Å². The number of hydrogen-bond donors (Lipinski definition) is 0. The lowest BCUT2D eigenvalue weighted by Crippen LogP contribution is -2.51. The summed E-state index contributed by atoms with van der Waals surface area (Å²) in [7, 11) is -4.09. The van der Waals surface area contributed by atoms with Gasteiger partial charge in [0.25, 0.3) is 15.9 Å². The van der Waals surface area contributed by atoms with Gasteiger partial charge >= 0.3 is 6.18 Å². The Hall–Kier alpha value is -4.02. The average Bonchev–Trinajstić information content (AvgIpc) is 3.65. The van der Waals surface area contributed by atoms with E-state index in [1.807, 2.05) is 0 Å². The number of pyridine rings is 1. The third-order valence-corrected chi connectivity index (χ3v) is 8.28. The molecule has 0 spiro atoms. The van der Waals surface area contributed by atoms with Crippen LogP contribution in [0.1, 0.15) is 5.56 Å². The van der Waals surface area contributed by atoms with E-state index in [1.165, 1.54) is 38.5 Å². The van der Waals surface area contributed by atoms with Gasteiger partial charge in [-0.3, -0.25) is 9.36 Å². The summed E-state index contributed by atoms with van der Waals surface area (Å²) >= 11 is 6.04. The first-order valence-electron chi connectivity index (χ1n) is 11.7. The molecule has 0 unspecified atom stereocenters. The number of hydrogen-bond acceptors (Lipinski definition) is 8. The maximum atomic E-state index is 13.4. The maximum absolute atomic E-state index is 13.4. The van der Waals surface area contributed by atoms with E-state index in [4.69, 9.17) is 16.3 Å². The van der Waals surface area contributed by atoms with Gasteiger partial charge in [-0.15, -0.1) is 5.10 Å². The van der Waals surface area contributed by atoms with Gasteiger partial charge in [0.05, 0.1) is 16.3 Å². The summed E-state index contributed by atoms with van der Waals surface area (Å²) in [5.41, 5.74) is -0.340. The fourth-order valence-corrected chi connectivity index (χ4v) is 5.85. The molecule has 1 aliphatic rings. The maximum Gasteiger partial charge on any atom is 0.417 e. The molecular formula is C23H20ClF3N8O4S. The van der Waals surface area contributed by atoms with E-state index < -0.39 is 21.8 Å². The molecular weight excluding hydrogens is 577 g/mol. The molecule has 210 valence electrons. The number of carbonyl (C=O) groups excluding carboxylic acids is 1. The highest BCUT2D eigenvalue weighted by Gasteiger charge is 2.34. The first-order chi connectivity index (χ1) is 19.0. The standard InChI is InChI=1S/C23H20ClF3N8O4S/c24-19-12-16(23(25,26)27)13-28-22(19)34-7-1-2-21(34)40(37,38)33-10-8-32(9-11-33)20(36)14-39-18-5-3-17(4-6-18)35-15-29-30-31-35/h1-7,12-13,15H,8-11,14H2. The van der Waals surface area contributed by atoms with Crippen molar-refractivity contribution in [1.29, 1.82) is 0 Å². The molecule has 5 rings (SSSR count). The molecule has 1 saturated heterocycles. The number of amides is 1. The highest BCUT2D eigenvalue weighted by molar-refractivity contribution is 7.89. The van der Waals surface area contributed by atoms with E-state index in [9.17, 15) is 26.4 Å². The average molecular weight is 597 g/mol. The van der Waals surface area contributed by atoms with Crippen molar-refractivity contribution in [3.63, 3.8) is 0 Å². The SMILES string of the molecule is O=C(COc1ccc(-n2cnnn2)cc1)N1CCN(S(=O)(=O)c2cccn2-c2ncc(C(F)(F)F)cc2Cl)CC1. The van der Waals surface area contributed by atoms with Crippen molar-refractivity contribution in [3.05, 3.63) is 71.8 Å². The van der Waals surface area contributed by atoms with Gasteiger partial charge in [0, 0.05) is 38.6 Å². The summed E-state index contributed by atoms with van der Waals surface area (Å²) in [6.45, 7) is 0.0271.